The summed E-state index contributed by atoms with van der Waals surface area (Å²) >= 11 is 0. The molecule has 0 fully saturated rings. The fourth-order valence-corrected chi connectivity index (χ4v) is 0.359. The van der Waals surface area contributed by atoms with E-state index in [-0.39, 0.29) is 11.5 Å². The van der Waals surface area contributed by atoms with Gasteiger partial charge in [0, 0.05) is 6.92 Å². The summed E-state index contributed by atoms with van der Waals surface area (Å²) in [5, 5.41) is 13.1. The van der Waals surface area contributed by atoms with E-state index in [0.29, 0.717) is 0 Å². The van der Waals surface area contributed by atoms with Gasteiger partial charge in [-0.15, -0.1) is 10.2 Å². The first-order valence-corrected chi connectivity index (χ1v) is 2.32. The van der Waals surface area contributed by atoms with Crippen molar-refractivity contribution in [3.63, 3.8) is 0 Å². The average molecular weight is 124 g/mol. The fourth-order valence-electron chi connectivity index (χ4n) is 0.359. The Morgan fingerprint density at radius 2 is 2.33 bits per heavy atom. The van der Waals surface area contributed by atoms with Crippen molar-refractivity contribution >= 4 is 5.78 Å². The zero-order chi connectivity index (χ0) is 6.69. The van der Waals surface area contributed by atoms with Crippen LogP contribution in [0.25, 0.3) is 0 Å². The maximum Gasteiger partial charge on any atom is 0.181 e. The largest absolute Gasteiger partial charge is 0.293 e. The molecule has 0 aliphatic carbocycles. The molecule has 5 heteroatoms. The van der Waals surface area contributed by atoms with Crippen LogP contribution in [0.3, 0.4) is 0 Å². The standard InChI is InChI=1S/C4H4N4O/c1-3(9)4-2-5-7-8-6-4/h2H,1H3. The number of nitrogens with zero attached hydrogens (tertiary/aromatic N) is 4. The molecule has 0 unspecified atom stereocenters. The second kappa shape index (κ2) is 2.25. The van der Waals surface area contributed by atoms with Crippen molar-refractivity contribution in [1.29, 1.82) is 0 Å². The first-order valence-electron chi connectivity index (χ1n) is 2.32. The van der Waals surface area contributed by atoms with Gasteiger partial charge in [-0.25, -0.2) is 0 Å². The van der Waals surface area contributed by atoms with Gasteiger partial charge in [-0.1, -0.05) is 0 Å². The minimum atomic E-state index is -0.155. The molecule has 46 valence electrons. The molecule has 0 aliphatic heterocycles. The lowest BCUT2D eigenvalue weighted by Crippen LogP contribution is -2.01. The van der Waals surface area contributed by atoms with Crippen LogP contribution in [0.4, 0.5) is 0 Å². The van der Waals surface area contributed by atoms with Crippen molar-refractivity contribution in [2.75, 3.05) is 0 Å². The highest BCUT2D eigenvalue weighted by atomic mass is 16.1. The van der Waals surface area contributed by atoms with E-state index in [1.165, 1.54) is 13.1 Å². The summed E-state index contributed by atoms with van der Waals surface area (Å²) in [6.45, 7) is 1.39. The van der Waals surface area contributed by atoms with Crippen LogP contribution in [0.1, 0.15) is 17.4 Å². The Kier molecular flexibility index (Phi) is 1.44. The van der Waals surface area contributed by atoms with E-state index in [1.807, 2.05) is 0 Å². The Bertz CT molecular complexity index is 209. The van der Waals surface area contributed by atoms with E-state index in [4.69, 9.17) is 0 Å². The van der Waals surface area contributed by atoms with Gasteiger partial charge in [0.1, 0.15) is 0 Å². The molecule has 0 N–H and O–H groups in total. The van der Waals surface area contributed by atoms with Crippen molar-refractivity contribution in [2.45, 2.75) is 6.92 Å². The molecule has 0 spiro atoms. The van der Waals surface area contributed by atoms with E-state index >= 15 is 0 Å². The molecule has 1 heterocycles. The average Bonchev–Trinajstić information content (AvgIpc) is 1.90. The van der Waals surface area contributed by atoms with Gasteiger partial charge >= 0.3 is 0 Å². The normalized spacial score (nSPS) is 9.00. The molecule has 1 aromatic heterocycles. The third-order valence-corrected chi connectivity index (χ3v) is 0.785. The highest BCUT2D eigenvalue weighted by molar-refractivity contribution is 5.91. The quantitative estimate of drug-likeness (QED) is 0.470. The minimum absolute atomic E-state index is 0.155. The van der Waals surface area contributed by atoms with Crippen molar-refractivity contribution in [2.24, 2.45) is 0 Å². The maximum absolute atomic E-state index is 10.5. The van der Waals surface area contributed by atoms with Gasteiger partial charge in [-0.2, -0.15) is 0 Å². The van der Waals surface area contributed by atoms with Gasteiger partial charge in [0.05, 0.1) is 6.20 Å². The number of carbonyl (C=O) groups is 1. The summed E-state index contributed by atoms with van der Waals surface area (Å²) in [7, 11) is 0. The summed E-state index contributed by atoms with van der Waals surface area (Å²) in [5.74, 6) is -0.155. The lowest BCUT2D eigenvalue weighted by atomic mass is 10.3. The van der Waals surface area contributed by atoms with Crippen LogP contribution >= 0.6 is 0 Å². The van der Waals surface area contributed by atoms with E-state index in [1.54, 1.807) is 0 Å². The predicted molar refractivity (Wildman–Crippen MR) is 27.6 cm³/mol. The van der Waals surface area contributed by atoms with Crippen LogP contribution in [-0.2, 0) is 0 Å². The van der Waals surface area contributed by atoms with Crippen LogP contribution in [0.5, 0.6) is 0 Å². The van der Waals surface area contributed by atoms with E-state index < -0.39 is 0 Å². The fraction of sp³-hybridized carbons (Fsp3) is 0.250. The number of aromatic nitrogens is 4. The Morgan fingerprint density at radius 1 is 1.56 bits per heavy atom. The topological polar surface area (TPSA) is 68.6 Å². The van der Waals surface area contributed by atoms with Crippen molar-refractivity contribution in [3.05, 3.63) is 11.9 Å². The van der Waals surface area contributed by atoms with Gasteiger partial charge in [0.15, 0.2) is 11.5 Å². The number of carbonyl (C=O) groups excluding carboxylic acids is 1. The van der Waals surface area contributed by atoms with Crippen LogP contribution < -0.4 is 0 Å². The maximum atomic E-state index is 10.5. The minimum Gasteiger partial charge on any atom is -0.293 e. The molecule has 0 radical (unpaired) electrons. The molecule has 0 aromatic carbocycles. The van der Waals surface area contributed by atoms with Gasteiger partial charge in [0.25, 0.3) is 0 Å². The van der Waals surface area contributed by atoms with E-state index in [9.17, 15) is 4.79 Å². The first-order chi connectivity index (χ1) is 4.30. The zero-order valence-electron chi connectivity index (χ0n) is 4.77. The summed E-state index contributed by atoms with van der Waals surface area (Å²) in [6, 6.07) is 0. The molecule has 0 aliphatic rings. The molecule has 0 saturated heterocycles. The molecule has 0 atom stereocenters. The number of hydrogen-bond acceptors (Lipinski definition) is 5. The molecule has 0 saturated carbocycles. The monoisotopic (exact) mass is 124 g/mol. The van der Waals surface area contributed by atoms with Crippen LogP contribution in [0.15, 0.2) is 6.20 Å². The number of Topliss-reactive ketones (excluding diaryl/α,β-unsaturated/α-hetero) is 1. The van der Waals surface area contributed by atoms with E-state index in [0.717, 1.165) is 0 Å². The van der Waals surface area contributed by atoms with Crippen LogP contribution in [0.2, 0.25) is 0 Å². The van der Waals surface area contributed by atoms with Gasteiger partial charge < -0.3 is 0 Å². The second-order valence-corrected chi connectivity index (χ2v) is 1.46. The molecule has 0 bridgehead atoms. The van der Waals surface area contributed by atoms with Gasteiger partial charge in [0.2, 0.25) is 0 Å². The summed E-state index contributed by atoms with van der Waals surface area (Å²) < 4.78 is 0. The molecule has 1 rings (SSSR count). The molecular formula is C4H4N4O. The van der Waals surface area contributed by atoms with Crippen molar-refractivity contribution in [1.82, 2.24) is 20.6 Å². The number of rotatable bonds is 1. The molecular weight excluding hydrogens is 120 g/mol. The van der Waals surface area contributed by atoms with Crippen molar-refractivity contribution in [3.8, 4) is 0 Å². The lowest BCUT2D eigenvalue weighted by Gasteiger charge is -1.84. The molecule has 9 heavy (non-hydrogen) atoms. The van der Waals surface area contributed by atoms with E-state index in [2.05, 4.69) is 20.6 Å². The predicted octanol–water partition coefficient (Wildman–Crippen LogP) is -0.531. The molecule has 5 nitrogen and oxygen atoms in total. The van der Waals surface area contributed by atoms with Crippen LogP contribution in [-0.4, -0.2) is 26.4 Å². The molecule has 1 aromatic rings. The van der Waals surface area contributed by atoms with Crippen molar-refractivity contribution < 1.29 is 4.79 Å². The Labute approximate surface area is 51.1 Å². The third kappa shape index (κ3) is 1.25. The summed E-state index contributed by atoms with van der Waals surface area (Å²) in [6.07, 6.45) is 1.27. The van der Waals surface area contributed by atoms with Crippen LogP contribution in [0, 0.1) is 0 Å². The van der Waals surface area contributed by atoms with Gasteiger partial charge in [-0.3, -0.25) is 4.79 Å². The highest BCUT2D eigenvalue weighted by Gasteiger charge is 1.98. The Morgan fingerprint density at radius 3 is 2.67 bits per heavy atom. The first kappa shape index (κ1) is 5.74. The number of hydrogen-bond donors (Lipinski definition) is 0. The summed E-state index contributed by atoms with van der Waals surface area (Å²) in [5.41, 5.74) is 0.241. The Balaban J connectivity index is 2.98. The molecule has 0 amide bonds. The third-order valence-electron chi connectivity index (χ3n) is 0.785. The summed E-state index contributed by atoms with van der Waals surface area (Å²) in [4.78, 5) is 10.5. The SMILES string of the molecule is CC(=O)c1cnnnn1. The lowest BCUT2D eigenvalue weighted by molar-refractivity contribution is 0.101. The second-order valence-electron chi connectivity index (χ2n) is 1.46. The zero-order valence-corrected chi connectivity index (χ0v) is 4.77. The number of ketones is 1. The van der Waals surface area contributed by atoms with Gasteiger partial charge in [-0.05, 0) is 10.4 Å². The Hall–Kier alpha value is -1.39. The highest BCUT2D eigenvalue weighted by Crippen LogP contribution is 1.85. The smallest absolute Gasteiger partial charge is 0.181 e.